The molecule has 1 fully saturated rings. The van der Waals surface area contributed by atoms with E-state index in [0.717, 1.165) is 12.5 Å². The van der Waals surface area contributed by atoms with Crippen LogP contribution in [0.25, 0.3) is 0 Å². The Balaban J connectivity index is 1.86. The van der Waals surface area contributed by atoms with Gasteiger partial charge in [-0.25, -0.2) is 0 Å². The normalized spacial score (nSPS) is 23.2. The maximum atomic E-state index is 3.53. The average Bonchev–Trinajstić information content (AvgIpc) is 2.55. The zero-order chi connectivity index (χ0) is 11.4. The van der Waals surface area contributed by atoms with Crippen LogP contribution in [-0.2, 0) is 6.54 Å². The van der Waals surface area contributed by atoms with Crippen molar-refractivity contribution in [2.45, 2.75) is 39.2 Å². The predicted molar refractivity (Wildman–Crippen MR) is 74.9 cm³/mol. The van der Waals surface area contributed by atoms with Crippen LogP contribution >= 0.6 is 27.3 Å². The minimum atomic E-state index is 0.972. The summed E-state index contributed by atoms with van der Waals surface area (Å²) in [6.45, 7) is 6.05. The van der Waals surface area contributed by atoms with Crippen LogP contribution in [0.1, 0.15) is 37.5 Å². The van der Waals surface area contributed by atoms with Crippen molar-refractivity contribution >= 4 is 27.3 Å². The molecule has 1 saturated heterocycles. The molecule has 0 radical (unpaired) electrons. The maximum Gasteiger partial charge on any atom is 0.0328 e. The Morgan fingerprint density at radius 2 is 2.31 bits per heavy atom. The van der Waals surface area contributed by atoms with Crippen molar-refractivity contribution in [1.29, 1.82) is 0 Å². The van der Waals surface area contributed by atoms with Gasteiger partial charge in [0.1, 0.15) is 0 Å². The third-order valence-electron chi connectivity index (χ3n) is 3.52. The van der Waals surface area contributed by atoms with Gasteiger partial charge in [-0.2, -0.15) is 0 Å². The van der Waals surface area contributed by atoms with Crippen molar-refractivity contribution in [2.24, 2.45) is 5.92 Å². The van der Waals surface area contributed by atoms with Gasteiger partial charge >= 0.3 is 0 Å². The van der Waals surface area contributed by atoms with Gasteiger partial charge in [0.2, 0.25) is 0 Å². The lowest BCUT2D eigenvalue weighted by atomic mass is 9.98. The SMILES string of the molecule is CCC1CCCN(Cc2cc(Br)cs2)CC1. The smallest absolute Gasteiger partial charge is 0.0328 e. The molecule has 1 aromatic rings. The van der Waals surface area contributed by atoms with Gasteiger partial charge in [-0.15, -0.1) is 11.3 Å². The lowest BCUT2D eigenvalue weighted by molar-refractivity contribution is 0.274. The van der Waals surface area contributed by atoms with Crippen LogP contribution in [0.3, 0.4) is 0 Å². The molecular weight excluding hydrogens is 282 g/mol. The summed E-state index contributed by atoms with van der Waals surface area (Å²) in [6, 6.07) is 2.26. The monoisotopic (exact) mass is 301 g/mol. The number of rotatable bonds is 3. The zero-order valence-electron chi connectivity index (χ0n) is 9.92. The molecule has 0 aliphatic carbocycles. The molecule has 0 amide bonds. The van der Waals surface area contributed by atoms with Crippen molar-refractivity contribution in [3.05, 3.63) is 20.8 Å². The number of nitrogens with zero attached hydrogens (tertiary/aromatic N) is 1. The fraction of sp³-hybridized carbons (Fsp3) is 0.692. The molecule has 16 heavy (non-hydrogen) atoms. The van der Waals surface area contributed by atoms with Crippen LogP contribution < -0.4 is 0 Å². The average molecular weight is 302 g/mol. The van der Waals surface area contributed by atoms with Crippen molar-refractivity contribution < 1.29 is 0 Å². The van der Waals surface area contributed by atoms with Gasteiger partial charge in [0.25, 0.3) is 0 Å². The Morgan fingerprint density at radius 1 is 1.44 bits per heavy atom. The molecule has 90 valence electrons. The quantitative estimate of drug-likeness (QED) is 0.793. The lowest BCUT2D eigenvalue weighted by Crippen LogP contribution is -2.23. The maximum absolute atomic E-state index is 3.53. The van der Waals surface area contributed by atoms with Crippen LogP contribution in [-0.4, -0.2) is 18.0 Å². The molecule has 1 unspecified atom stereocenters. The first-order valence-corrected chi connectivity index (χ1v) is 7.90. The number of halogens is 1. The summed E-state index contributed by atoms with van der Waals surface area (Å²) in [5, 5.41) is 2.18. The van der Waals surface area contributed by atoms with Gasteiger partial charge in [0.15, 0.2) is 0 Å². The summed E-state index contributed by atoms with van der Waals surface area (Å²) in [5.74, 6) is 0.972. The van der Waals surface area contributed by atoms with Crippen LogP contribution in [0.15, 0.2) is 15.9 Å². The molecule has 1 aliphatic rings. The number of thiophene rings is 1. The Labute approximate surface area is 111 Å². The molecule has 1 aromatic heterocycles. The van der Waals surface area contributed by atoms with E-state index in [1.54, 1.807) is 0 Å². The van der Waals surface area contributed by atoms with Crippen LogP contribution in [0, 0.1) is 5.92 Å². The van der Waals surface area contributed by atoms with Gasteiger partial charge < -0.3 is 0 Å². The molecule has 1 nitrogen and oxygen atoms in total. The van der Waals surface area contributed by atoms with E-state index in [2.05, 4.69) is 39.2 Å². The third-order valence-corrected chi connectivity index (χ3v) is 5.20. The predicted octanol–water partition coefficient (Wildman–Crippen LogP) is 4.52. The first-order valence-electron chi connectivity index (χ1n) is 6.23. The summed E-state index contributed by atoms with van der Waals surface area (Å²) < 4.78 is 1.23. The standard InChI is InChI=1S/C13H20BrNS/c1-2-11-4-3-6-15(7-5-11)9-13-8-12(14)10-16-13/h8,10-11H,2-7,9H2,1H3. The van der Waals surface area contributed by atoms with Gasteiger partial charge in [0, 0.05) is 21.3 Å². The minimum Gasteiger partial charge on any atom is -0.298 e. The number of likely N-dealkylation sites (tertiary alicyclic amines) is 1. The molecule has 2 rings (SSSR count). The topological polar surface area (TPSA) is 3.24 Å². The van der Waals surface area contributed by atoms with Gasteiger partial charge in [0.05, 0.1) is 0 Å². The molecule has 0 N–H and O–H groups in total. The van der Waals surface area contributed by atoms with Crippen molar-refractivity contribution in [1.82, 2.24) is 4.90 Å². The second-order valence-corrected chi connectivity index (χ2v) is 6.62. The van der Waals surface area contributed by atoms with Crippen LogP contribution in [0.2, 0.25) is 0 Å². The van der Waals surface area contributed by atoms with E-state index in [1.165, 1.54) is 48.1 Å². The highest BCUT2D eigenvalue weighted by Gasteiger charge is 2.16. The third kappa shape index (κ3) is 3.57. The Hall–Kier alpha value is 0.140. The first-order chi connectivity index (χ1) is 7.78. The highest BCUT2D eigenvalue weighted by Crippen LogP contribution is 2.24. The summed E-state index contributed by atoms with van der Waals surface area (Å²) >= 11 is 5.39. The lowest BCUT2D eigenvalue weighted by Gasteiger charge is -2.18. The summed E-state index contributed by atoms with van der Waals surface area (Å²) in [6.07, 6.45) is 5.56. The highest BCUT2D eigenvalue weighted by atomic mass is 79.9. The second-order valence-electron chi connectivity index (χ2n) is 4.71. The number of hydrogen-bond acceptors (Lipinski definition) is 2. The van der Waals surface area contributed by atoms with Crippen LogP contribution in [0.4, 0.5) is 0 Å². The molecule has 3 heteroatoms. The van der Waals surface area contributed by atoms with E-state index in [-0.39, 0.29) is 0 Å². The summed E-state index contributed by atoms with van der Waals surface area (Å²) in [4.78, 5) is 4.11. The Kier molecular flexibility index (Phi) is 4.86. The fourth-order valence-corrected chi connectivity index (χ4v) is 3.94. The van der Waals surface area contributed by atoms with E-state index in [9.17, 15) is 0 Å². The molecule has 0 saturated carbocycles. The van der Waals surface area contributed by atoms with E-state index in [0.29, 0.717) is 0 Å². The van der Waals surface area contributed by atoms with E-state index in [4.69, 9.17) is 0 Å². The molecule has 0 spiro atoms. The van der Waals surface area contributed by atoms with Crippen molar-refractivity contribution in [2.75, 3.05) is 13.1 Å². The first kappa shape index (κ1) is 12.6. The largest absolute Gasteiger partial charge is 0.298 e. The molecular formula is C13H20BrNS. The molecule has 2 heterocycles. The fourth-order valence-electron chi connectivity index (χ4n) is 2.45. The highest BCUT2D eigenvalue weighted by molar-refractivity contribution is 9.10. The zero-order valence-corrected chi connectivity index (χ0v) is 12.3. The van der Waals surface area contributed by atoms with Crippen molar-refractivity contribution in [3.8, 4) is 0 Å². The molecule has 0 bridgehead atoms. The molecule has 1 aliphatic heterocycles. The Morgan fingerprint density at radius 3 is 3.00 bits per heavy atom. The summed E-state index contributed by atoms with van der Waals surface area (Å²) in [5.41, 5.74) is 0. The van der Waals surface area contributed by atoms with E-state index < -0.39 is 0 Å². The number of hydrogen-bond donors (Lipinski definition) is 0. The van der Waals surface area contributed by atoms with Gasteiger partial charge in [-0.3, -0.25) is 4.90 Å². The Bertz CT molecular complexity index is 323. The summed E-state index contributed by atoms with van der Waals surface area (Å²) in [7, 11) is 0. The second kappa shape index (κ2) is 6.18. The van der Waals surface area contributed by atoms with E-state index in [1.807, 2.05) is 11.3 Å². The molecule has 0 aromatic carbocycles. The molecule has 1 atom stereocenters. The van der Waals surface area contributed by atoms with Crippen LogP contribution in [0.5, 0.6) is 0 Å². The van der Waals surface area contributed by atoms with E-state index >= 15 is 0 Å². The van der Waals surface area contributed by atoms with Crippen molar-refractivity contribution in [3.63, 3.8) is 0 Å². The van der Waals surface area contributed by atoms with Gasteiger partial charge in [-0.05, 0) is 60.3 Å². The minimum absolute atomic E-state index is 0.972. The van der Waals surface area contributed by atoms with Gasteiger partial charge in [-0.1, -0.05) is 13.3 Å².